The molecule has 0 saturated heterocycles. The fraction of sp³-hybridized carbons (Fsp3) is 0.627. The van der Waals surface area contributed by atoms with E-state index in [1.165, 1.54) is 135 Å². The van der Waals surface area contributed by atoms with Gasteiger partial charge in [-0.05, 0) is 122 Å². The second kappa shape index (κ2) is 68.8. The molecule has 80 heavy (non-hydrogen) atoms. The molecular formula is C75H122O5. The number of rotatable bonds is 59. The Kier molecular flexibility index (Phi) is 64.9. The van der Waals surface area contributed by atoms with Gasteiger partial charge in [-0.15, -0.1) is 0 Å². The third-order valence-electron chi connectivity index (χ3n) is 13.8. The Morgan fingerprint density at radius 3 is 0.775 bits per heavy atom. The molecule has 0 spiro atoms. The first-order chi connectivity index (χ1) is 39.6. The monoisotopic (exact) mass is 1100 g/mol. The first kappa shape index (κ1) is 75.5. The van der Waals surface area contributed by atoms with E-state index in [0.717, 1.165) is 122 Å². The lowest BCUT2D eigenvalue weighted by molar-refractivity contribution is -0.161. The van der Waals surface area contributed by atoms with Crippen LogP contribution in [0.25, 0.3) is 0 Å². The molecule has 1 N–H and O–H groups in total. The number of unbranched alkanes of at least 4 members (excludes halogenated alkanes) is 25. The molecule has 0 fully saturated rings. The SMILES string of the molecule is CC/C=C\C/C=C\C/C=C\C/C=C\C/C=C\C/C=C\C/C=C\C/C=C\CCCCC(=O)OC(CO)COC(=O)CCCCCCCCCCCCCCCCCCCCCCCCC/C=C\C/C=C\C/C=C\C/C=C\C/C=C\CC. The van der Waals surface area contributed by atoms with Gasteiger partial charge in [0.05, 0.1) is 6.61 Å². The lowest BCUT2D eigenvalue weighted by Crippen LogP contribution is -2.28. The molecule has 0 rings (SSSR count). The van der Waals surface area contributed by atoms with Crippen LogP contribution in [0.2, 0.25) is 0 Å². The van der Waals surface area contributed by atoms with Crippen LogP contribution in [0.15, 0.2) is 158 Å². The van der Waals surface area contributed by atoms with E-state index >= 15 is 0 Å². The Hall–Kier alpha value is -4.48. The highest BCUT2D eigenvalue weighted by atomic mass is 16.6. The summed E-state index contributed by atoms with van der Waals surface area (Å²) < 4.78 is 10.7. The maximum atomic E-state index is 12.3. The lowest BCUT2D eigenvalue weighted by atomic mass is 10.0. The van der Waals surface area contributed by atoms with Crippen LogP contribution in [0, 0.1) is 0 Å². The van der Waals surface area contributed by atoms with Crippen LogP contribution in [0.3, 0.4) is 0 Å². The third-order valence-corrected chi connectivity index (χ3v) is 13.8. The number of hydrogen-bond acceptors (Lipinski definition) is 5. The van der Waals surface area contributed by atoms with Gasteiger partial charge in [0, 0.05) is 12.8 Å². The molecule has 5 nitrogen and oxygen atoms in total. The molecule has 0 aromatic rings. The van der Waals surface area contributed by atoms with Crippen LogP contribution < -0.4 is 0 Å². The van der Waals surface area contributed by atoms with Gasteiger partial charge < -0.3 is 14.6 Å². The molecule has 0 aliphatic rings. The van der Waals surface area contributed by atoms with E-state index in [9.17, 15) is 14.7 Å². The van der Waals surface area contributed by atoms with Crippen molar-refractivity contribution in [2.45, 2.75) is 290 Å². The molecule has 0 amide bonds. The molecule has 452 valence electrons. The summed E-state index contributed by atoms with van der Waals surface area (Å²) in [6.45, 7) is 3.89. The average molecular weight is 1100 g/mol. The minimum absolute atomic E-state index is 0.0903. The number of aliphatic hydroxyl groups is 1. The summed E-state index contributed by atoms with van der Waals surface area (Å²) in [5, 5.41) is 9.68. The van der Waals surface area contributed by atoms with Crippen molar-refractivity contribution < 1.29 is 24.2 Å². The zero-order valence-electron chi connectivity index (χ0n) is 51.8. The Morgan fingerprint density at radius 2 is 0.500 bits per heavy atom. The quantitative estimate of drug-likeness (QED) is 0.0373. The van der Waals surface area contributed by atoms with Crippen LogP contribution in [0.1, 0.15) is 284 Å². The van der Waals surface area contributed by atoms with Gasteiger partial charge in [0.15, 0.2) is 6.10 Å². The van der Waals surface area contributed by atoms with E-state index in [0.29, 0.717) is 12.8 Å². The van der Waals surface area contributed by atoms with Gasteiger partial charge in [-0.25, -0.2) is 0 Å². The summed E-state index contributed by atoms with van der Waals surface area (Å²) in [7, 11) is 0. The van der Waals surface area contributed by atoms with Crippen LogP contribution in [0.4, 0.5) is 0 Å². The summed E-state index contributed by atoms with van der Waals surface area (Å²) in [6, 6.07) is 0. The predicted molar refractivity (Wildman–Crippen MR) is 352 cm³/mol. The second-order valence-electron chi connectivity index (χ2n) is 21.4. The largest absolute Gasteiger partial charge is 0.462 e. The fourth-order valence-corrected chi connectivity index (χ4v) is 8.95. The van der Waals surface area contributed by atoms with Crippen LogP contribution in [0.5, 0.6) is 0 Å². The summed E-state index contributed by atoms with van der Waals surface area (Å²) in [5.41, 5.74) is 0. The summed E-state index contributed by atoms with van der Waals surface area (Å²) in [6.07, 6.45) is 105. The number of esters is 2. The molecule has 0 aliphatic carbocycles. The normalized spacial score (nSPS) is 13.3. The van der Waals surface area contributed by atoms with Gasteiger partial charge in [0.2, 0.25) is 0 Å². The first-order valence-electron chi connectivity index (χ1n) is 33.0. The third kappa shape index (κ3) is 66.0. The van der Waals surface area contributed by atoms with E-state index in [1.54, 1.807) is 0 Å². The highest BCUT2D eigenvalue weighted by molar-refractivity contribution is 5.70. The minimum atomic E-state index is -0.806. The number of allylic oxidation sites excluding steroid dienone is 26. The molecule has 0 aromatic carbocycles. The van der Waals surface area contributed by atoms with Crippen LogP contribution >= 0.6 is 0 Å². The maximum absolute atomic E-state index is 12.3. The smallest absolute Gasteiger partial charge is 0.306 e. The van der Waals surface area contributed by atoms with Crippen LogP contribution in [-0.4, -0.2) is 36.4 Å². The Morgan fingerprint density at radius 1 is 0.287 bits per heavy atom. The summed E-state index contributed by atoms with van der Waals surface area (Å²) in [5.74, 6) is -0.643. The highest BCUT2D eigenvalue weighted by Gasteiger charge is 2.16. The van der Waals surface area contributed by atoms with Gasteiger partial charge >= 0.3 is 11.9 Å². The Labute approximate surface area is 494 Å². The number of carbonyl (C=O) groups is 2. The molecule has 0 bridgehead atoms. The standard InChI is InChI=1S/C75H122O5/c1-3-5-7-9-11-13-15-17-19-21-23-25-27-29-31-32-33-34-35-36-37-38-39-40-41-42-44-45-47-49-51-53-55-57-59-61-63-65-67-69-74(77)79-72-73(71-76)80-75(78)70-68-66-64-62-60-58-56-54-52-50-48-46-43-30-28-26-24-22-20-18-16-14-12-10-8-6-4-2/h5-8,11-14,17-20,23-26,29-31,43,48,50,54,56,60,62,73,76H,3-4,9-10,15-16,21-22,27-28,32-42,44-47,49,51-53,55,57-59,61,63-72H2,1-2H3/b7-5-,8-6-,13-11-,14-12-,19-17-,20-18-,25-23-,26-24-,31-29-,43-30-,50-48-,56-54-,62-60-. The predicted octanol–water partition coefficient (Wildman–Crippen LogP) is 23.1. The topological polar surface area (TPSA) is 72.8 Å². The summed E-state index contributed by atoms with van der Waals surface area (Å²) >= 11 is 0. The van der Waals surface area contributed by atoms with E-state index < -0.39 is 6.10 Å². The van der Waals surface area contributed by atoms with Crippen molar-refractivity contribution in [1.29, 1.82) is 0 Å². The second-order valence-corrected chi connectivity index (χ2v) is 21.4. The molecule has 0 aliphatic heterocycles. The average Bonchev–Trinajstić information content (AvgIpc) is 3.46. The molecule has 0 heterocycles. The van der Waals surface area contributed by atoms with Gasteiger partial charge in [0.1, 0.15) is 6.61 Å². The zero-order chi connectivity index (χ0) is 57.6. The van der Waals surface area contributed by atoms with Crippen LogP contribution in [-0.2, 0) is 19.1 Å². The molecule has 1 atom stereocenters. The number of aliphatic hydroxyl groups excluding tert-OH is 1. The van der Waals surface area contributed by atoms with Gasteiger partial charge in [-0.1, -0.05) is 307 Å². The zero-order valence-corrected chi connectivity index (χ0v) is 51.8. The van der Waals surface area contributed by atoms with Crippen molar-refractivity contribution in [3.63, 3.8) is 0 Å². The van der Waals surface area contributed by atoms with E-state index in [1.807, 2.05) is 0 Å². The van der Waals surface area contributed by atoms with Crippen molar-refractivity contribution in [2.24, 2.45) is 0 Å². The van der Waals surface area contributed by atoms with E-state index in [-0.39, 0.29) is 25.2 Å². The molecule has 1 unspecified atom stereocenters. The lowest BCUT2D eigenvalue weighted by Gasteiger charge is -2.15. The van der Waals surface area contributed by atoms with Crippen molar-refractivity contribution in [3.05, 3.63) is 158 Å². The molecule has 0 aromatic heterocycles. The molecule has 0 radical (unpaired) electrons. The van der Waals surface area contributed by atoms with Crippen molar-refractivity contribution in [2.75, 3.05) is 13.2 Å². The van der Waals surface area contributed by atoms with Crippen molar-refractivity contribution in [1.82, 2.24) is 0 Å². The van der Waals surface area contributed by atoms with Gasteiger partial charge in [-0.2, -0.15) is 0 Å². The number of ether oxygens (including phenoxy) is 2. The maximum Gasteiger partial charge on any atom is 0.306 e. The van der Waals surface area contributed by atoms with Crippen molar-refractivity contribution in [3.8, 4) is 0 Å². The highest BCUT2D eigenvalue weighted by Crippen LogP contribution is 2.17. The Balaban J connectivity index is 3.53. The van der Waals surface area contributed by atoms with E-state index in [4.69, 9.17) is 9.47 Å². The van der Waals surface area contributed by atoms with Gasteiger partial charge in [-0.3, -0.25) is 9.59 Å². The fourth-order valence-electron chi connectivity index (χ4n) is 8.95. The number of carbonyl (C=O) groups excluding carboxylic acids is 2. The van der Waals surface area contributed by atoms with Crippen molar-refractivity contribution >= 4 is 11.9 Å². The molecule has 5 heteroatoms. The minimum Gasteiger partial charge on any atom is -0.462 e. The number of hydrogen-bond donors (Lipinski definition) is 1. The summed E-state index contributed by atoms with van der Waals surface area (Å²) in [4.78, 5) is 24.6. The molecule has 0 saturated carbocycles. The Bertz CT molecular complexity index is 1730. The van der Waals surface area contributed by atoms with E-state index in [2.05, 4.69) is 172 Å². The molecular weight excluding hydrogens is 981 g/mol. The van der Waals surface area contributed by atoms with Gasteiger partial charge in [0.25, 0.3) is 0 Å². The first-order valence-corrected chi connectivity index (χ1v) is 33.0.